The van der Waals surface area contributed by atoms with Gasteiger partial charge in [-0.2, -0.15) is 4.57 Å². The molecule has 30 heavy (non-hydrogen) atoms. The fraction of sp³-hybridized carbons (Fsp3) is 0.120. The van der Waals surface area contributed by atoms with Gasteiger partial charge in [-0.05, 0) is 24.3 Å². The molecule has 1 aliphatic rings. The van der Waals surface area contributed by atoms with Crippen LogP contribution in [0.1, 0.15) is 16.1 Å². The molecule has 4 nitrogen and oxygen atoms in total. The molecule has 2 heterocycles. The van der Waals surface area contributed by atoms with Crippen molar-refractivity contribution >= 4 is 44.8 Å². The zero-order valence-electron chi connectivity index (χ0n) is 17.2. The van der Waals surface area contributed by atoms with Crippen molar-refractivity contribution in [1.82, 2.24) is 0 Å². The minimum atomic E-state index is 0.826. The van der Waals surface area contributed by atoms with Gasteiger partial charge in [0.1, 0.15) is 23.3 Å². The van der Waals surface area contributed by atoms with Crippen molar-refractivity contribution < 1.29 is 9.30 Å². The lowest BCUT2D eigenvalue weighted by Gasteiger charge is -2.29. The van der Waals surface area contributed by atoms with Gasteiger partial charge in [-0.3, -0.25) is 0 Å². The molecule has 0 bridgehead atoms. The molecule has 0 fully saturated rings. The molecule has 0 radical (unpaired) electrons. The number of aryl methyl sites for hydroxylation is 1. The first-order valence-corrected chi connectivity index (χ1v) is 10.6. The zero-order chi connectivity index (χ0) is 20.7. The third kappa shape index (κ3) is 3.08. The van der Waals surface area contributed by atoms with Gasteiger partial charge in [-0.25, -0.2) is 4.99 Å². The highest BCUT2D eigenvalue weighted by molar-refractivity contribution is 7.18. The lowest BCUT2D eigenvalue weighted by atomic mass is 10.0. The standard InChI is InChI=1S/C25H22N3OS/c1-27-22-11-7-8-12-23(22)30-24(27)16-20-19-15-18(29-3)13-14-21(19)28(2)25(26-20)17-9-5-4-6-10-17/h4-16H,1-3H3/q+1. The second kappa shape index (κ2) is 7.43. The van der Waals surface area contributed by atoms with E-state index in [0.717, 1.165) is 39.1 Å². The molecule has 0 aliphatic carbocycles. The highest BCUT2D eigenvalue weighted by Gasteiger charge is 2.25. The average Bonchev–Trinajstić information content (AvgIpc) is 3.11. The summed E-state index contributed by atoms with van der Waals surface area (Å²) in [6.45, 7) is 0. The Morgan fingerprint density at radius 3 is 2.53 bits per heavy atom. The number of rotatable bonds is 3. The smallest absolute Gasteiger partial charge is 0.264 e. The summed E-state index contributed by atoms with van der Waals surface area (Å²) in [4.78, 5) is 7.24. The van der Waals surface area contributed by atoms with Gasteiger partial charge in [0.15, 0.2) is 0 Å². The van der Waals surface area contributed by atoms with Crippen LogP contribution in [0.3, 0.4) is 0 Å². The Labute approximate surface area is 180 Å². The Kier molecular flexibility index (Phi) is 4.60. The normalized spacial score (nSPS) is 14.7. The molecule has 5 rings (SSSR count). The maximum Gasteiger partial charge on any atom is 0.264 e. The van der Waals surface area contributed by atoms with Gasteiger partial charge in [0.25, 0.3) is 5.01 Å². The topological polar surface area (TPSA) is 28.7 Å². The number of hydrogen-bond acceptors (Lipinski definition) is 4. The van der Waals surface area contributed by atoms with Crippen LogP contribution in [0.4, 0.5) is 5.69 Å². The van der Waals surface area contributed by atoms with Gasteiger partial charge >= 0.3 is 0 Å². The Hall–Kier alpha value is -3.44. The second-order valence-corrected chi connectivity index (χ2v) is 8.30. The van der Waals surface area contributed by atoms with Crippen molar-refractivity contribution in [2.75, 3.05) is 19.1 Å². The Balaban J connectivity index is 1.73. The Morgan fingerprint density at radius 1 is 1.00 bits per heavy atom. The lowest BCUT2D eigenvalue weighted by Crippen LogP contribution is -2.31. The minimum absolute atomic E-state index is 0.826. The van der Waals surface area contributed by atoms with Crippen molar-refractivity contribution in [2.45, 2.75) is 0 Å². The van der Waals surface area contributed by atoms with E-state index >= 15 is 0 Å². The molecular weight excluding hydrogens is 390 g/mol. The highest BCUT2D eigenvalue weighted by Crippen LogP contribution is 2.37. The molecule has 1 aromatic heterocycles. The number of hydrogen-bond donors (Lipinski definition) is 0. The predicted molar refractivity (Wildman–Crippen MR) is 125 cm³/mol. The van der Waals surface area contributed by atoms with E-state index < -0.39 is 0 Å². The third-order valence-electron chi connectivity index (χ3n) is 5.45. The first kappa shape index (κ1) is 18.6. The summed E-state index contributed by atoms with van der Waals surface area (Å²) in [6, 6.07) is 25.0. The number of fused-ring (bicyclic) bond motifs is 2. The molecule has 0 amide bonds. The van der Waals surface area contributed by atoms with E-state index in [1.165, 1.54) is 10.2 Å². The van der Waals surface area contributed by atoms with Gasteiger partial charge in [0.2, 0.25) is 5.52 Å². The number of methoxy groups -OCH3 is 1. The molecule has 0 saturated carbocycles. The Morgan fingerprint density at radius 2 is 1.77 bits per heavy atom. The maximum absolute atomic E-state index is 5.50. The van der Waals surface area contributed by atoms with Gasteiger partial charge in [-0.15, -0.1) is 0 Å². The quantitative estimate of drug-likeness (QED) is 0.437. The molecule has 0 unspecified atom stereocenters. The number of anilines is 1. The number of benzene rings is 3. The molecular formula is C25H22N3OS+. The summed E-state index contributed by atoms with van der Waals surface area (Å²) < 4.78 is 8.99. The highest BCUT2D eigenvalue weighted by atomic mass is 32.1. The number of para-hydroxylation sites is 1. The number of amidine groups is 1. The van der Waals surface area contributed by atoms with E-state index in [2.05, 4.69) is 78.2 Å². The number of aromatic nitrogens is 1. The van der Waals surface area contributed by atoms with Crippen LogP contribution in [0.15, 0.2) is 77.8 Å². The largest absolute Gasteiger partial charge is 0.497 e. The molecule has 0 atom stereocenters. The van der Waals surface area contributed by atoms with Crippen molar-refractivity contribution in [3.63, 3.8) is 0 Å². The summed E-state index contributed by atoms with van der Waals surface area (Å²) in [5.74, 6) is 1.76. The van der Waals surface area contributed by atoms with Crippen molar-refractivity contribution in [2.24, 2.45) is 12.0 Å². The summed E-state index contributed by atoms with van der Waals surface area (Å²) in [5, 5.41) is 1.15. The van der Waals surface area contributed by atoms with Crippen molar-refractivity contribution in [1.29, 1.82) is 0 Å². The van der Waals surface area contributed by atoms with E-state index in [9.17, 15) is 0 Å². The summed E-state index contributed by atoms with van der Waals surface area (Å²) in [7, 11) is 5.87. The zero-order valence-corrected chi connectivity index (χ0v) is 18.0. The minimum Gasteiger partial charge on any atom is -0.497 e. The van der Waals surface area contributed by atoms with Crippen LogP contribution < -0.4 is 14.2 Å². The van der Waals surface area contributed by atoms with E-state index in [1.807, 2.05) is 24.3 Å². The number of nitrogens with zero attached hydrogens (tertiary/aromatic N) is 3. The summed E-state index contributed by atoms with van der Waals surface area (Å²) in [5.41, 5.74) is 5.42. The van der Waals surface area contributed by atoms with E-state index in [0.29, 0.717) is 0 Å². The van der Waals surface area contributed by atoms with Crippen LogP contribution in [0, 0.1) is 0 Å². The van der Waals surface area contributed by atoms with Crippen LogP contribution in [0.25, 0.3) is 22.0 Å². The van der Waals surface area contributed by atoms with Crippen LogP contribution in [-0.4, -0.2) is 20.0 Å². The molecule has 0 spiro atoms. The molecule has 4 aromatic rings. The third-order valence-corrected chi connectivity index (χ3v) is 6.61. The molecule has 0 saturated heterocycles. The van der Waals surface area contributed by atoms with Crippen LogP contribution >= 0.6 is 11.3 Å². The van der Waals surface area contributed by atoms with E-state index in [1.54, 1.807) is 18.4 Å². The number of ether oxygens (including phenoxy) is 1. The summed E-state index contributed by atoms with van der Waals surface area (Å²) in [6.07, 6.45) is 2.18. The first-order valence-electron chi connectivity index (χ1n) is 9.81. The van der Waals surface area contributed by atoms with Gasteiger partial charge in [-0.1, -0.05) is 53.8 Å². The first-order chi connectivity index (χ1) is 14.7. The van der Waals surface area contributed by atoms with Gasteiger partial charge in [0, 0.05) is 30.3 Å². The van der Waals surface area contributed by atoms with Gasteiger partial charge in [0.05, 0.1) is 18.5 Å². The van der Waals surface area contributed by atoms with Gasteiger partial charge < -0.3 is 9.64 Å². The number of thiazole rings is 1. The molecule has 5 heteroatoms. The van der Waals surface area contributed by atoms with E-state index in [-0.39, 0.29) is 0 Å². The summed E-state index contributed by atoms with van der Waals surface area (Å²) >= 11 is 1.77. The van der Waals surface area contributed by atoms with Crippen LogP contribution in [0.5, 0.6) is 5.75 Å². The predicted octanol–water partition coefficient (Wildman–Crippen LogP) is 5.13. The fourth-order valence-electron chi connectivity index (χ4n) is 3.82. The second-order valence-electron chi connectivity index (χ2n) is 7.24. The van der Waals surface area contributed by atoms with Crippen LogP contribution in [-0.2, 0) is 7.05 Å². The average molecular weight is 413 g/mol. The maximum atomic E-state index is 5.50. The van der Waals surface area contributed by atoms with E-state index in [4.69, 9.17) is 9.73 Å². The molecule has 1 aliphatic heterocycles. The molecule has 0 N–H and O–H groups in total. The van der Waals surface area contributed by atoms with Crippen molar-refractivity contribution in [3.8, 4) is 5.75 Å². The SMILES string of the molecule is COc1ccc2c(c1)/C(=C/c1sc3ccccc3[n+]1C)N=C(c1ccccc1)N2C. The molecule has 3 aromatic carbocycles. The monoisotopic (exact) mass is 412 g/mol. The van der Waals surface area contributed by atoms with Crippen molar-refractivity contribution in [3.05, 3.63) is 88.9 Å². The Bertz CT molecular complexity index is 1300. The number of aliphatic imine (C=N–C) groups is 1. The molecule has 148 valence electrons. The fourth-order valence-corrected chi connectivity index (χ4v) is 4.91. The van der Waals surface area contributed by atoms with Crippen LogP contribution in [0.2, 0.25) is 0 Å². The lowest BCUT2D eigenvalue weighted by molar-refractivity contribution is -0.642.